The van der Waals surface area contributed by atoms with Crippen LogP contribution in [0.5, 0.6) is 0 Å². The number of fused-ring (bicyclic) bond motifs is 9. The van der Waals surface area contributed by atoms with E-state index in [4.69, 9.17) is 0 Å². The van der Waals surface area contributed by atoms with E-state index < -0.39 is 0 Å². The van der Waals surface area contributed by atoms with Gasteiger partial charge in [-0.15, -0.1) is 11.3 Å². The number of benzene rings is 8. The fourth-order valence-corrected chi connectivity index (χ4v) is 9.54. The first-order valence-corrected chi connectivity index (χ1v) is 17.8. The Morgan fingerprint density at radius 1 is 0.429 bits per heavy atom. The van der Waals surface area contributed by atoms with Gasteiger partial charge in [-0.05, 0) is 79.7 Å². The fraction of sp³-hybridized carbons (Fsp3) is 0.0638. The third-order valence-electron chi connectivity index (χ3n) is 10.6. The van der Waals surface area contributed by atoms with Crippen LogP contribution in [0.15, 0.2) is 164 Å². The highest BCUT2D eigenvalue weighted by atomic mass is 32.1. The van der Waals surface area contributed by atoms with Gasteiger partial charge in [0.05, 0.1) is 16.1 Å². The van der Waals surface area contributed by atoms with Gasteiger partial charge in [0.1, 0.15) is 0 Å². The fourth-order valence-electron chi connectivity index (χ4n) is 8.20. The first-order chi connectivity index (χ1) is 24.1. The predicted molar refractivity (Wildman–Crippen MR) is 212 cm³/mol. The lowest BCUT2D eigenvalue weighted by Gasteiger charge is -2.30. The molecule has 1 aromatic heterocycles. The van der Waals surface area contributed by atoms with Crippen molar-refractivity contribution in [3.63, 3.8) is 0 Å². The minimum Gasteiger partial charge on any atom is -0.308 e. The molecule has 0 saturated heterocycles. The van der Waals surface area contributed by atoms with E-state index in [1.54, 1.807) is 0 Å². The van der Waals surface area contributed by atoms with Gasteiger partial charge >= 0.3 is 0 Å². The van der Waals surface area contributed by atoms with E-state index in [9.17, 15) is 0 Å². The second-order valence-electron chi connectivity index (χ2n) is 13.7. The highest BCUT2D eigenvalue weighted by Gasteiger charge is 2.36. The molecule has 10 rings (SSSR count). The second-order valence-corrected chi connectivity index (χ2v) is 14.8. The molecular formula is C47H33NS. The highest BCUT2D eigenvalue weighted by Crippen LogP contribution is 2.53. The Morgan fingerprint density at radius 3 is 1.98 bits per heavy atom. The van der Waals surface area contributed by atoms with Crippen LogP contribution in [0.1, 0.15) is 25.0 Å². The Hall–Kier alpha value is -5.70. The van der Waals surface area contributed by atoms with E-state index in [1.165, 1.54) is 92.2 Å². The van der Waals surface area contributed by atoms with Crippen molar-refractivity contribution in [3.8, 4) is 22.3 Å². The molecule has 0 N–H and O–H groups in total. The largest absolute Gasteiger partial charge is 0.308 e. The van der Waals surface area contributed by atoms with Gasteiger partial charge < -0.3 is 4.90 Å². The molecule has 8 aromatic carbocycles. The van der Waals surface area contributed by atoms with E-state index in [0.29, 0.717) is 0 Å². The van der Waals surface area contributed by atoms with Crippen LogP contribution in [0.25, 0.3) is 64.0 Å². The molecule has 0 bridgehead atoms. The summed E-state index contributed by atoms with van der Waals surface area (Å²) in [6.45, 7) is 4.74. The zero-order chi connectivity index (χ0) is 32.7. The summed E-state index contributed by atoms with van der Waals surface area (Å²) in [5.74, 6) is 0. The van der Waals surface area contributed by atoms with Gasteiger partial charge in [0.15, 0.2) is 0 Å². The average molecular weight is 644 g/mol. The van der Waals surface area contributed by atoms with E-state index in [2.05, 4.69) is 183 Å². The Balaban J connectivity index is 1.26. The number of thiophene rings is 1. The molecule has 0 unspecified atom stereocenters. The molecule has 0 spiro atoms. The van der Waals surface area contributed by atoms with E-state index >= 15 is 0 Å². The Kier molecular flexibility index (Phi) is 6.16. The minimum atomic E-state index is -0.103. The van der Waals surface area contributed by atoms with Crippen LogP contribution >= 0.6 is 11.3 Å². The van der Waals surface area contributed by atoms with Gasteiger partial charge in [-0.3, -0.25) is 0 Å². The summed E-state index contributed by atoms with van der Waals surface area (Å²) in [6, 6.07) is 60.6. The lowest BCUT2D eigenvalue weighted by Crippen LogP contribution is -2.17. The van der Waals surface area contributed by atoms with Crippen molar-refractivity contribution < 1.29 is 0 Å². The lowest BCUT2D eigenvalue weighted by atomic mass is 9.82. The van der Waals surface area contributed by atoms with Crippen LogP contribution < -0.4 is 4.90 Å². The molecule has 1 nitrogen and oxygen atoms in total. The van der Waals surface area contributed by atoms with Crippen molar-refractivity contribution in [1.82, 2.24) is 0 Å². The zero-order valence-corrected chi connectivity index (χ0v) is 28.3. The summed E-state index contributed by atoms with van der Waals surface area (Å²) >= 11 is 1.91. The van der Waals surface area contributed by atoms with Crippen molar-refractivity contribution >= 4 is 70.1 Å². The molecule has 1 aliphatic carbocycles. The number of rotatable bonds is 4. The average Bonchev–Trinajstić information content (AvgIpc) is 3.65. The third kappa shape index (κ3) is 4.24. The van der Waals surface area contributed by atoms with E-state index in [0.717, 1.165) is 0 Å². The van der Waals surface area contributed by atoms with Crippen LogP contribution in [0.3, 0.4) is 0 Å². The Morgan fingerprint density at radius 2 is 1.08 bits per heavy atom. The first kappa shape index (κ1) is 28.3. The molecule has 0 radical (unpaired) electrons. The van der Waals surface area contributed by atoms with Crippen LogP contribution in [0.4, 0.5) is 17.1 Å². The molecule has 0 atom stereocenters. The van der Waals surface area contributed by atoms with Crippen LogP contribution in [-0.4, -0.2) is 0 Å². The van der Waals surface area contributed by atoms with Crippen molar-refractivity contribution in [2.24, 2.45) is 0 Å². The molecule has 0 fully saturated rings. The van der Waals surface area contributed by atoms with Crippen molar-refractivity contribution in [3.05, 3.63) is 175 Å². The number of hydrogen-bond acceptors (Lipinski definition) is 2. The molecule has 0 amide bonds. The second kappa shape index (κ2) is 10.7. The summed E-state index contributed by atoms with van der Waals surface area (Å²) in [4.78, 5) is 2.52. The molecular weight excluding hydrogens is 611 g/mol. The number of anilines is 3. The monoisotopic (exact) mass is 643 g/mol. The normalized spacial score (nSPS) is 13.3. The van der Waals surface area contributed by atoms with Crippen LogP contribution in [0, 0.1) is 0 Å². The topological polar surface area (TPSA) is 3.24 Å². The van der Waals surface area contributed by atoms with Gasteiger partial charge in [-0.1, -0.05) is 147 Å². The van der Waals surface area contributed by atoms with Gasteiger partial charge in [0, 0.05) is 32.1 Å². The number of para-hydroxylation sites is 1. The summed E-state index contributed by atoms with van der Waals surface area (Å²) in [6.07, 6.45) is 0. The lowest BCUT2D eigenvalue weighted by molar-refractivity contribution is 0.660. The maximum atomic E-state index is 2.52. The molecule has 232 valence electrons. The van der Waals surface area contributed by atoms with Gasteiger partial charge in [-0.25, -0.2) is 0 Å². The molecule has 0 saturated carbocycles. The molecule has 49 heavy (non-hydrogen) atoms. The Labute approximate surface area is 290 Å². The van der Waals surface area contributed by atoms with Gasteiger partial charge in [0.25, 0.3) is 0 Å². The molecule has 0 aliphatic heterocycles. The van der Waals surface area contributed by atoms with Gasteiger partial charge in [0.2, 0.25) is 0 Å². The first-order valence-electron chi connectivity index (χ1n) is 17.0. The summed E-state index contributed by atoms with van der Waals surface area (Å²) in [5.41, 5.74) is 11.3. The standard InChI is InChI=1S/C47H33NS/c1-47(2)41-19-9-7-17-37(41)38-27-25-34(29-42(38)47)48(43-20-10-8-15-35(43)33-23-22-30-12-3-4-14-32(30)28-33)44-21-11-18-39-40-26-24-31-13-5-6-16-36(31)45(40)49-46(39)44/h3-29H,1-2H3. The van der Waals surface area contributed by atoms with Crippen molar-refractivity contribution in [1.29, 1.82) is 0 Å². The predicted octanol–water partition coefficient (Wildman–Crippen LogP) is 13.8. The van der Waals surface area contributed by atoms with Gasteiger partial charge in [-0.2, -0.15) is 0 Å². The molecule has 1 aliphatic rings. The number of nitrogens with zero attached hydrogens (tertiary/aromatic N) is 1. The van der Waals surface area contributed by atoms with E-state index in [1.807, 2.05) is 11.3 Å². The van der Waals surface area contributed by atoms with Crippen molar-refractivity contribution in [2.75, 3.05) is 4.90 Å². The maximum absolute atomic E-state index is 2.52. The number of hydrogen-bond donors (Lipinski definition) is 0. The smallest absolute Gasteiger partial charge is 0.0640 e. The third-order valence-corrected chi connectivity index (χ3v) is 11.9. The van der Waals surface area contributed by atoms with Crippen LogP contribution in [0.2, 0.25) is 0 Å². The Bertz CT molecular complexity index is 2770. The molecule has 1 heterocycles. The minimum absolute atomic E-state index is 0.103. The van der Waals surface area contributed by atoms with Crippen LogP contribution in [-0.2, 0) is 5.41 Å². The quantitative estimate of drug-likeness (QED) is 0.184. The maximum Gasteiger partial charge on any atom is 0.0640 e. The zero-order valence-electron chi connectivity index (χ0n) is 27.4. The van der Waals surface area contributed by atoms with E-state index in [-0.39, 0.29) is 5.41 Å². The molecule has 2 heteroatoms. The summed E-state index contributed by atoms with van der Waals surface area (Å²) in [5, 5.41) is 7.70. The summed E-state index contributed by atoms with van der Waals surface area (Å²) < 4.78 is 2.64. The molecule has 9 aromatic rings. The SMILES string of the molecule is CC1(C)c2ccccc2-c2ccc(N(c3ccccc3-c3ccc4ccccc4c3)c3cccc4c3sc3c5ccccc5ccc43)cc21. The van der Waals surface area contributed by atoms with Crippen molar-refractivity contribution in [2.45, 2.75) is 19.3 Å². The summed E-state index contributed by atoms with van der Waals surface area (Å²) in [7, 11) is 0. The highest BCUT2D eigenvalue weighted by molar-refractivity contribution is 7.27.